The Balaban J connectivity index is 2.46. The molecule has 6 heteroatoms. The van der Waals surface area contributed by atoms with Gasteiger partial charge >= 0.3 is 0 Å². The summed E-state index contributed by atoms with van der Waals surface area (Å²) < 4.78 is 11.1. The Labute approximate surface area is 175 Å². The van der Waals surface area contributed by atoms with Crippen LogP contribution >= 0.6 is 0 Å². The predicted molar refractivity (Wildman–Crippen MR) is 124 cm³/mol. The van der Waals surface area contributed by atoms with Gasteiger partial charge in [0, 0.05) is 25.1 Å². The average Bonchev–Trinajstić information content (AvgIpc) is 2.71. The molecule has 0 aliphatic rings. The molecule has 0 unspecified atom stereocenters. The molecule has 0 atom stereocenters. The van der Waals surface area contributed by atoms with Gasteiger partial charge in [0.05, 0.1) is 37.7 Å². The second-order valence-corrected chi connectivity index (χ2v) is 7.11. The number of ether oxygens (including phenoxy) is 2. The van der Waals surface area contributed by atoms with E-state index in [1.807, 2.05) is 26.0 Å². The number of hydrazine groups is 1. The van der Waals surface area contributed by atoms with Crippen LogP contribution in [0.3, 0.4) is 0 Å². The molecule has 0 saturated carbocycles. The fourth-order valence-electron chi connectivity index (χ4n) is 3.31. The lowest BCUT2D eigenvalue weighted by atomic mass is 10.1. The molecule has 0 aliphatic heterocycles. The summed E-state index contributed by atoms with van der Waals surface area (Å²) in [5.74, 6) is 0. The van der Waals surface area contributed by atoms with E-state index in [4.69, 9.17) is 20.9 Å². The van der Waals surface area contributed by atoms with Crippen LogP contribution in [0.1, 0.15) is 31.4 Å². The van der Waals surface area contributed by atoms with E-state index in [9.17, 15) is 0 Å². The Morgan fingerprint density at radius 3 is 2.07 bits per heavy atom. The van der Waals surface area contributed by atoms with Crippen molar-refractivity contribution in [1.82, 2.24) is 0 Å². The van der Waals surface area contributed by atoms with Gasteiger partial charge in [-0.2, -0.15) is 0 Å². The smallest absolute Gasteiger partial charge is 0.0662 e. The van der Waals surface area contributed by atoms with E-state index < -0.39 is 0 Å². The molecule has 0 fully saturated rings. The lowest BCUT2D eigenvalue weighted by Crippen LogP contribution is -2.47. The molecule has 0 spiro atoms. The first kappa shape index (κ1) is 22.8. The maximum Gasteiger partial charge on any atom is 0.0662 e. The molecule has 0 aliphatic carbocycles. The van der Waals surface area contributed by atoms with Gasteiger partial charge in [-0.3, -0.25) is 10.0 Å². The highest BCUT2D eigenvalue weighted by Crippen LogP contribution is 2.28. The highest BCUT2D eigenvalue weighted by molar-refractivity contribution is 5.65. The zero-order chi connectivity index (χ0) is 21.2. The lowest BCUT2D eigenvalue weighted by Gasteiger charge is -2.39. The summed E-state index contributed by atoms with van der Waals surface area (Å²) in [6, 6.07) is 12.4. The number of hydrogen-bond donors (Lipinski definition) is 2. The molecule has 0 radical (unpaired) electrons. The van der Waals surface area contributed by atoms with E-state index in [0.717, 1.165) is 41.2 Å². The first-order chi connectivity index (χ1) is 14.0. The minimum atomic E-state index is 0.604. The number of nitrogens with zero attached hydrogens (tertiary/aromatic N) is 2. The van der Waals surface area contributed by atoms with Gasteiger partial charge < -0.3 is 20.9 Å². The summed E-state index contributed by atoms with van der Waals surface area (Å²) in [6.45, 7) is 9.55. The average molecular weight is 401 g/mol. The first-order valence-electron chi connectivity index (χ1n) is 10.4. The van der Waals surface area contributed by atoms with Gasteiger partial charge in [0.15, 0.2) is 0 Å². The Morgan fingerprint density at radius 1 is 0.862 bits per heavy atom. The topological polar surface area (TPSA) is 77.0 Å². The van der Waals surface area contributed by atoms with E-state index in [0.29, 0.717) is 32.9 Å². The number of aryl methyl sites for hydroxylation is 2. The minimum Gasteiger partial charge on any atom is -0.399 e. The molecule has 6 nitrogen and oxygen atoms in total. The second kappa shape index (κ2) is 11.5. The summed E-state index contributed by atoms with van der Waals surface area (Å²) in [7, 11) is 1.72. The SMILES string of the molecule is CCCc1cc(N(CCOC)N(CCOCC)c2ccc(N)c(C)c2)ccc1N. The number of anilines is 4. The fourth-order valence-corrected chi connectivity index (χ4v) is 3.31. The summed E-state index contributed by atoms with van der Waals surface area (Å²) >= 11 is 0. The van der Waals surface area contributed by atoms with Gasteiger partial charge in [0.1, 0.15) is 0 Å². The highest BCUT2D eigenvalue weighted by Gasteiger charge is 2.19. The summed E-state index contributed by atoms with van der Waals surface area (Å²) in [6.07, 6.45) is 2.01. The third kappa shape index (κ3) is 6.27. The van der Waals surface area contributed by atoms with Crippen LogP contribution in [0.5, 0.6) is 0 Å². The van der Waals surface area contributed by atoms with Crippen LogP contribution < -0.4 is 21.5 Å². The zero-order valence-corrected chi connectivity index (χ0v) is 18.3. The van der Waals surface area contributed by atoms with E-state index in [2.05, 4.69) is 41.2 Å². The predicted octanol–water partition coefficient (Wildman–Crippen LogP) is 4.02. The minimum absolute atomic E-state index is 0.604. The molecule has 0 amide bonds. The van der Waals surface area contributed by atoms with E-state index >= 15 is 0 Å². The van der Waals surface area contributed by atoms with E-state index in [1.54, 1.807) is 7.11 Å². The van der Waals surface area contributed by atoms with Crippen molar-refractivity contribution < 1.29 is 9.47 Å². The molecule has 0 saturated heterocycles. The molecule has 29 heavy (non-hydrogen) atoms. The number of rotatable bonds is 12. The van der Waals surface area contributed by atoms with Gasteiger partial charge in [0.25, 0.3) is 0 Å². The highest BCUT2D eigenvalue weighted by atomic mass is 16.5. The van der Waals surface area contributed by atoms with Crippen molar-refractivity contribution in [3.05, 3.63) is 47.5 Å². The van der Waals surface area contributed by atoms with Crippen molar-refractivity contribution >= 4 is 22.7 Å². The normalized spacial score (nSPS) is 10.9. The second-order valence-electron chi connectivity index (χ2n) is 7.11. The summed E-state index contributed by atoms with van der Waals surface area (Å²) in [5.41, 5.74) is 18.3. The molecule has 4 N–H and O–H groups in total. The number of methoxy groups -OCH3 is 1. The third-order valence-electron chi connectivity index (χ3n) is 4.95. The van der Waals surface area contributed by atoms with Crippen molar-refractivity contribution in [2.75, 3.05) is 61.5 Å². The number of nitrogen functional groups attached to an aromatic ring is 2. The lowest BCUT2D eigenvalue weighted by molar-refractivity contribution is 0.152. The van der Waals surface area contributed by atoms with Crippen molar-refractivity contribution in [1.29, 1.82) is 0 Å². The number of hydrogen-bond acceptors (Lipinski definition) is 6. The zero-order valence-electron chi connectivity index (χ0n) is 18.3. The van der Waals surface area contributed by atoms with Crippen LogP contribution in [0, 0.1) is 6.92 Å². The van der Waals surface area contributed by atoms with Gasteiger partial charge in [-0.15, -0.1) is 0 Å². The summed E-state index contributed by atoms with van der Waals surface area (Å²) in [4.78, 5) is 0. The van der Waals surface area contributed by atoms with Crippen molar-refractivity contribution in [3.63, 3.8) is 0 Å². The number of nitrogens with two attached hydrogens (primary N) is 2. The van der Waals surface area contributed by atoms with Crippen molar-refractivity contribution in [2.24, 2.45) is 0 Å². The van der Waals surface area contributed by atoms with Crippen LogP contribution in [0.4, 0.5) is 22.7 Å². The van der Waals surface area contributed by atoms with Crippen LogP contribution in [-0.4, -0.2) is 40.0 Å². The Kier molecular flexibility index (Phi) is 9.09. The number of benzene rings is 2. The maximum atomic E-state index is 6.21. The Bertz CT molecular complexity index is 767. The van der Waals surface area contributed by atoms with Crippen LogP contribution in [0.15, 0.2) is 36.4 Å². The van der Waals surface area contributed by atoms with Crippen molar-refractivity contribution in [3.8, 4) is 0 Å². The largest absolute Gasteiger partial charge is 0.399 e. The molecule has 2 aromatic carbocycles. The molecule has 160 valence electrons. The fraction of sp³-hybridized carbons (Fsp3) is 0.478. The van der Waals surface area contributed by atoms with Gasteiger partial charge in [-0.05, 0) is 67.8 Å². The standard InChI is InChI=1S/C23H36N4O2/c1-5-7-19-17-21(9-11-23(19)25)26(12-14-28-4)27(13-15-29-6-2)20-8-10-22(24)18(3)16-20/h8-11,16-17H,5-7,12-15,24-25H2,1-4H3. The monoisotopic (exact) mass is 400 g/mol. The molecule has 2 rings (SSSR count). The maximum absolute atomic E-state index is 6.21. The van der Waals surface area contributed by atoms with Crippen LogP contribution in [0.2, 0.25) is 0 Å². The summed E-state index contributed by atoms with van der Waals surface area (Å²) in [5, 5.41) is 4.48. The molecular formula is C23H36N4O2. The first-order valence-corrected chi connectivity index (χ1v) is 10.4. The molecular weight excluding hydrogens is 364 g/mol. The van der Waals surface area contributed by atoms with Crippen LogP contribution in [-0.2, 0) is 15.9 Å². The Hall–Kier alpha value is -2.44. The van der Waals surface area contributed by atoms with Crippen LogP contribution in [0.25, 0.3) is 0 Å². The quantitative estimate of drug-likeness (QED) is 0.318. The van der Waals surface area contributed by atoms with E-state index in [1.165, 1.54) is 5.56 Å². The van der Waals surface area contributed by atoms with Gasteiger partial charge in [-0.25, -0.2) is 0 Å². The molecule has 0 heterocycles. The van der Waals surface area contributed by atoms with Gasteiger partial charge in [-0.1, -0.05) is 13.3 Å². The third-order valence-corrected chi connectivity index (χ3v) is 4.95. The van der Waals surface area contributed by atoms with E-state index in [-0.39, 0.29) is 0 Å². The van der Waals surface area contributed by atoms with Crippen molar-refractivity contribution in [2.45, 2.75) is 33.6 Å². The Morgan fingerprint density at radius 2 is 1.48 bits per heavy atom. The molecule has 0 bridgehead atoms. The van der Waals surface area contributed by atoms with Gasteiger partial charge in [0.2, 0.25) is 0 Å². The molecule has 0 aromatic heterocycles. The molecule has 2 aromatic rings.